The van der Waals surface area contributed by atoms with Gasteiger partial charge in [-0.05, 0) is 11.6 Å². The lowest BCUT2D eigenvalue weighted by molar-refractivity contribution is -0.162. The summed E-state index contributed by atoms with van der Waals surface area (Å²) in [5.74, 6) is -5.05. The molecule has 2 unspecified atom stereocenters. The third kappa shape index (κ3) is 3.89. The van der Waals surface area contributed by atoms with Crippen molar-refractivity contribution in [2.24, 2.45) is 11.8 Å². The molecule has 7 nitrogen and oxygen atoms in total. The number of carbonyl (C=O) groups is 3. The van der Waals surface area contributed by atoms with Gasteiger partial charge in [0.25, 0.3) is 0 Å². The van der Waals surface area contributed by atoms with Crippen molar-refractivity contribution in [1.82, 2.24) is 0 Å². The fourth-order valence-electron chi connectivity index (χ4n) is 3.04. The summed E-state index contributed by atoms with van der Waals surface area (Å²) in [5, 5.41) is 0. The second-order valence-corrected chi connectivity index (χ2v) is 5.58. The summed E-state index contributed by atoms with van der Waals surface area (Å²) in [6.07, 6.45) is -0.0809. The molecular formula is C17H19FO7. The Kier molecular flexibility index (Phi) is 5.95. The zero-order valence-electron chi connectivity index (χ0n) is 14.1. The first kappa shape index (κ1) is 18.7. The van der Waals surface area contributed by atoms with Crippen LogP contribution in [0.25, 0.3) is 0 Å². The highest BCUT2D eigenvalue weighted by Gasteiger charge is 2.46. The van der Waals surface area contributed by atoms with Crippen LogP contribution in [0.3, 0.4) is 0 Å². The van der Waals surface area contributed by atoms with E-state index in [1.54, 1.807) is 0 Å². The first-order valence-corrected chi connectivity index (χ1v) is 7.57. The van der Waals surface area contributed by atoms with E-state index in [9.17, 15) is 18.8 Å². The summed E-state index contributed by atoms with van der Waals surface area (Å²) in [6, 6.07) is 3.79. The Morgan fingerprint density at radius 3 is 2.36 bits per heavy atom. The number of esters is 3. The third-order valence-electron chi connectivity index (χ3n) is 4.22. The lowest BCUT2D eigenvalue weighted by Gasteiger charge is -2.35. The number of rotatable bonds is 5. The van der Waals surface area contributed by atoms with Crippen LogP contribution in [-0.2, 0) is 28.6 Å². The smallest absolute Gasteiger partial charge is 0.320 e. The van der Waals surface area contributed by atoms with Gasteiger partial charge in [-0.15, -0.1) is 0 Å². The number of carbonyl (C=O) groups excluding carboxylic acids is 3. The number of fused-ring (bicyclic) bond motifs is 1. The topological polar surface area (TPSA) is 88.1 Å². The highest BCUT2D eigenvalue weighted by atomic mass is 19.1. The summed E-state index contributed by atoms with van der Waals surface area (Å²) < 4.78 is 33.2. The summed E-state index contributed by atoms with van der Waals surface area (Å²) in [4.78, 5) is 36.2. The highest BCUT2D eigenvalue weighted by Crippen LogP contribution is 2.44. The van der Waals surface area contributed by atoms with E-state index in [1.807, 2.05) is 0 Å². The van der Waals surface area contributed by atoms with Crippen molar-refractivity contribution in [1.29, 1.82) is 0 Å². The molecule has 8 heteroatoms. The summed E-state index contributed by atoms with van der Waals surface area (Å²) >= 11 is 0. The zero-order chi connectivity index (χ0) is 18.6. The van der Waals surface area contributed by atoms with Crippen LogP contribution in [0.5, 0.6) is 5.75 Å². The molecule has 25 heavy (non-hydrogen) atoms. The van der Waals surface area contributed by atoms with Crippen molar-refractivity contribution in [3.05, 3.63) is 29.6 Å². The molecule has 1 aliphatic rings. The van der Waals surface area contributed by atoms with Gasteiger partial charge in [0, 0.05) is 17.9 Å². The van der Waals surface area contributed by atoms with E-state index in [1.165, 1.54) is 25.3 Å². The molecule has 1 aromatic carbocycles. The monoisotopic (exact) mass is 354 g/mol. The largest absolute Gasteiger partial charge is 0.493 e. The quantitative estimate of drug-likeness (QED) is 0.449. The molecule has 2 rings (SSSR count). The Labute approximate surface area is 144 Å². The Bertz CT molecular complexity index is 657. The van der Waals surface area contributed by atoms with Gasteiger partial charge in [-0.2, -0.15) is 0 Å². The fraction of sp³-hybridized carbons (Fsp3) is 0.471. The number of halogens is 1. The van der Waals surface area contributed by atoms with Crippen LogP contribution in [0.15, 0.2) is 18.2 Å². The van der Waals surface area contributed by atoms with Gasteiger partial charge in [0.1, 0.15) is 11.6 Å². The maximum Gasteiger partial charge on any atom is 0.320 e. The van der Waals surface area contributed by atoms with Crippen molar-refractivity contribution in [3.63, 3.8) is 0 Å². The minimum atomic E-state index is -1.31. The summed E-state index contributed by atoms with van der Waals surface area (Å²) in [5.41, 5.74) is 0.433. The van der Waals surface area contributed by atoms with Crippen molar-refractivity contribution in [3.8, 4) is 5.75 Å². The first-order valence-electron chi connectivity index (χ1n) is 7.57. The number of hydrogen-bond donors (Lipinski definition) is 0. The average molecular weight is 354 g/mol. The van der Waals surface area contributed by atoms with Crippen LogP contribution < -0.4 is 4.74 Å². The molecule has 0 bridgehead atoms. The predicted molar refractivity (Wildman–Crippen MR) is 82.3 cm³/mol. The highest BCUT2D eigenvalue weighted by molar-refractivity contribution is 5.96. The molecule has 0 radical (unpaired) electrons. The van der Waals surface area contributed by atoms with Crippen LogP contribution in [0.4, 0.5) is 4.39 Å². The van der Waals surface area contributed by atoms with E-state index in [0.29, 0.717) is 5.56 Å². The third-order valence-corrected chi connectivity index (χ3v) is 4.22. The molecule has 0 N–H and O–H groups in total. The van der Waals surface area contributed by atoms with Crippen LogP contribution in [0.2, 0.25) is 0 Å². The second kappa shape index (κ2) is 7.96. The Hall–Kier alpha value is -2.64. The molecule has 0 fully saturated rings. The molecule has 136 valence electrons. The minimum absolute atomic E-state index is 0.0146. The molecule has 2 atom stereocenters. The van der Waals surface area contributed by atoms with Crippen LogP contribution >= 0.6 is 0 Å². The summed E-state index contributed by atoms with van der Waals surface area (Å²) in [6.45, 7) is 0.0146. The molecule has 1 aromatic rings. The molecule has 0 aliphatic carbocycles. The van der Waals surface area contributed by atoms with Gasteiger partial charge in [-0.1, -0.05) is 6.07 Å². The van der Waals surface area contributed by atoms with Gasteiger partial charge in [0.15, 0.2) is 5.92 Å². The van der Waals surface area contributed by atoms with Crippen molar-refractivity contribution in [2.45, 2.75) is 12.3 Å². The second-order valence-electron chi connectivity index (χ2n) is 5.58. The molecule has 1 aliphatic heterocycles. The molecule has 1 heterocycles. The van der Waals surface area contributed by atoms with Crippen molar-refractivity contribution < 1.29 is 37.7 Å². The van der Waals surface area contributed by atoms with Gasteiger partial charge >= 0.3 is 17.9 Å². The Morgan fingerprint density at radius 2 is 1.80 bits per heavy atom. The fourth-order valence-corrected chi connectivity index (χ4v) is 3.04. The van der Waals surface area contributed by atoms with Gasteiger partial charge in [0.2, 0.25) is 0 Å². The standard InChI is InChI=1S/C17H19FO7/c1-22-13(19)6-9-8-25-12-7-10(18)4-5-11(12)14(9)15(16(20)23-2)17(21)24-3/h4-5,7,9,14-15H,6,8H2,1-3H3. The Balaban J connectivity index is 2.52. The predicted octanol–water partition coefficient (Wildman–Crippen LogP) is 1.44. The van der Waals surface area contributed by atoms with Crippen molar-refractivity contribution in [2.75, 3.05) is 27.9 Å². The van der Waals surface area contributed by atoms with Gasteiger partial charge < -0.3 is 18.9 Å². The van der Waals surface area contributed by atoms with E-state index in [0.717, 1.165) is 14.2 Å². The summed E-state index contributed by atoms with van der Waals surface area (Å²) in [7, 11) is 3.54. The van der Waals surface area contributed by atoms with Gasteiger partial charge in [-0.25, -0.2) is 4.39 Å². The van der Waals surface area contributed by atoms with Gasteiger partial charge in [0.05, 0.1) is 34.4 Å². The van der Waals surface area contributed by atoms with E-state index in [-0.39, 0.29) is 18.8 Å². The molecule has 0 spiro atoms. The zero-order valence-corrected chi connectivity index (χ0v) is 14.1. The van der Waals surface area contributed by atoms with Crippen LogP contribution in [-0.4, -0.2) is 45.8 Å². The van der Waals surface area contributed by atoms with Gasteiger partial charge in [-0.3, -0.25) is 14.4 Å². The first-order chi connectivity index (χ1) is 11.9. The molecule has 0 saturated carbocycles. The Morgan fingerprint density at radius 1 is 1.16 bits per heavy atom. The maximum atomic E-state index is 13.5. The lowest BCUT2D eigenvalue weighted by Crippen LogP contribution is -2.40. The van der Waals surface area contributed by atoms with E-state index in [2.05, 4.69) is 4.74 Å². The van der Waals surface area contributed by atoms with Crippen LogP contribution in [0, 0.1) is 17.7 Å². The number of methoxy groups -OCH3 is 3. The van der Waals surface area contributed by atoms with E-state index >= 15 is 0 Å². The lowest BCUT2D eigenvalue weighted by atomic mass is 9.74. The maximum absolute atomic E-state index is 13.5. The minimum Gasteiger partial charge on any atom is -0.493 e. The molecule has 0 aromatic heterocycles. The molecular weight excluding hydrogens is 335 g/mol. The molecule has 0 amide bonds. The average Bonchev–Trinajstić information content (AvgIpc) is 2.62. The van der Waals surface area contributed by atoms with E-state index in [4.69, 9.17) is 14.2 Å². The number of ether oxygens (including phenoxy) is 4. The number of benzene rings is 1. The normalized spacial score (nSPS) is 18.8. The SMILES string of the molecule is COC(=O)CC1COc2cc(F)ccc2C1C(C(=O)OC)C(=O)OC. The number of hydrogen-bond acceptors (Lipinski definition) is 7. The van der Waals surface area contributed by atoms with Crippen molar-refractivity contribution >= 4 is 17.9 Å². The van der Waals surface area contributed by atoms with E-state index < -0.39 is 41.5 Å². The molecule has 0 saturated heterocycles. The van der Waals surface area contributed by atoms with Crippen LogP contribution in [0.1, 0.15) is 17.9 Å².